The van der Waals surface area contributed by atoms with Crippen LogP contribution in [-0.2, 0) is 9.59 Å². The third-order valence-corrected chi connectivity index (χ3v) is 1.35. The smallest absolute Gasteiger partial charge is 0.344 e. The first-order valence-corrected chi connectivity index (χ1v) is 3.13. The van der Waals surface area contributed by atoms with Crippen LogP contribution in [0.5, 0.6) is 0 Å². The van der Waals surface area contributed by atoms with Crippen molar-refractivity contribution in [1.82, 2.24) is 10.6 Å². The predicted octanol–water partition coefficient (Wildman–Crippen LogP) is -0.857. The van der Waals surface area contributed by atoms with E-state index in [9.17, 15) is 9.59 Å². The van der Waals surface area contributed by atoms with Crippen LogP contribution in [0.2, 0.25) is 0 Å². The topological polar surface area (TPSA) is 78.4 Å². The summed E-state index contributed by atoms with van der Waals surface area (Å²) in [5.41, 5.74) is -1.37. The molecule has 1 unspecified atom stereocenters. The Hall–Kier alpha value is -1.10. The Bertz CT molecular complexity index is 181. The number of amides is 1. The number of likely N-dealkylation sites (N-methyl/N-ethyl adjacent to an activating group) is 1. The van der Waals surface area contributed by atoms with Crippen LogP contribution in [0.4, 0.5) is 0 Å². The van der Waals surface area contributed by atoms with Crippen LogP contribution in [0, 0.1) is 0 Å². The van der Waals surface area contributed by atoms with E-state index >= 15 is 0 Å². The molecule has 0 radical (unpaired) electrons. The zero-order chi connectivity index (χ0) is 9.07. The predicted molar refractivity (Wildman–Crippen MR) is 38.9 cm³/mol. The van der Waals surface area contributed by atoms with Crippen LogP contribution in [0.15, 0.2) is 0 Å². The maximum Gasteiger partial charge on any atom is 0.344 e. The van der Waals surface area contributed by atoms with Gasteiger partial charge in [0.2, 0.25) is 5.91 Å². The molecule has 0 aromatic heterocycles. The zero-order valence-corrected chi connectivity index (χ0v) is 6.76. The van der Waals surface area contributed by atoms with Crippen LogP contribution in [-0.4, -0.2) is 29.7 Å². The van der Waals surface area contributed by atoms with E-state index in [1.165, 1.54) is 20.9 Å². The fraction of sp³-hybridized carbons (Fsp3) is 0.667. The van der Waals surface area contributed by atoms with Gasteiger partial charge in [-0.05, 0) is 14.0 Å². The molecule has 0 fully saturated rings. The molecule has 5 nitrogen and oxygen atoms in total. The first kappa shape index (κ1) is 9.90. The van der Waals surface area contributed by atoms with Crippen molar-refractivity contribution >= 4 is 11.9 Å². The third-order valence-electron chi connectivity index (χ3n) is 1.35. The molecule has 1 atom stereocenters. The highest BCUT2D eigenvalue weighted by atomic mass is 16.4. The minimum atomic E-state index is -1.37. The van der Waals surface area contributed by atoms with Crippen molar-refractivity contribution < 1.29 is 14.7 Å². The van der Waals surface area contributed by atoms with Gasteiger partial charge in [-0.3, -0.25) is 10.1 Å². The largest absolute Gasteiger partial charge is 0.478 e. The summed E-state index contributed by atoms with van der Waals surface area (Å²) < 4.78 is 0. The zero-order valence-electron chi connectivity index (χ0n) is 6.76. The second-order valence-corrected chi connectivity index (χ2v) is 2.36. The lowest BCUT2D eigenvalue weighted by molar-refractivity contribution is -0.147. The van der Waals surface area contributed by atoms with Crippen molar-refractivity contribution in [1.29, 1.82) is 0 Å². The van der Waals surface area contributed by atoms with Gasteiger partial charge in [-0.1, -0.05) is 0 Å². The molecule has 0 saturated carbocycles. The Morgan fingerprint density at radius 1 is 1.45 bits per heavy atom. The second-order valence-electron chi connectivity index (χ2n) is 2.36. The van der Waals surface area contributed by atoms with Crippen LogP contribution in [0.25, 0.3) is 0 Å². The molecule has 0 aliphatic heterocycles. The Balaban J connectivity index is 4.34. The summed E-state index contributed by atoms with van der Waals surface area (Å²) >= 11 is 0. The van der Waals surface area contributed by atoms with Crippen molar-refractivity contribution in [2.45, 2.75) is 19.5 Å². The molecule has 3 N–H and O–H groups in total. The molecule has 0 aromatic carbocycles. The number of aliphatic carboxylic acids is 1. The van der Waals surface area contributed by atoms with E-state index in [4.69, 9.17) is 5.11 Å². The minimum Gasteiger partial charge on any atom is -0.478 e. The van der Waals surface area contributed by atoms with E-state index < -0.39 is 11.6 Å². The summed E-state index contributed by atoms with van der Waals surface area (Å²) in [6, 6.07) is 0. The molecule has 0 aromatic rings. The molecule has 64 valence electrons. The molecular formula is C6H12N2O3. The van der Waals surface area contributed by atoms with Gasteiger partial charge in [-0.15, -0.1) is 0 Å². The summed E-state index contributed by atoms with van der Waals surface area (Å²) in [5.74, 6) is -1.50. The van der Waals surface area contributed by atoms with Crippen LogP contribution < -0.4 is 10.6 Å². The average Bonchev–Trinajstić information content (AvgIpc) is 1.86. The molecule has 0 aliphatic rings. The highest BCUT2D eigenvalue weighted by molar-refractivity contribution is 5.85. The molecule has 0 spiro atoms. The molecule has 0 aliphatic carbocycles. The Morgan fingerprint density at radius 3 is 2.00 bits per heavy atom. The molecule has 0 rings (SSSR count). The maximum absolute atomic E-state index is 10.5. The van der Waals surface area contributed by atoms with Gasteiger partial charge in [0.25, 0.3) is 0 Å². The molecule has 0 bridgehead atoms. The van der Waals surface area contributed by atoms with E-state index in [-0.39, 0.29) is 5.91 Å². The van der Waals surface area contributed by atoms with Gasteiger partial charge < -0.3 is 10.4 Å². The minimum absolute atomic E-state index is 0.385. The fourth-order valence-corrected chi connectivity index (χ4v) is 0.575. The number of rotatable bonds is 3. The van der Waals surface area contributed by atoms with Gasteiger partial charge in [0.1, 0.15) is 0 Å². The maximum atomic E-state index is 10.5. The van der Waals surface area contributed by atoms with Crippen LogP contribution in [0.1, 0.15) is 13.8 Å². The van der Waals surface area contributed by atoms with Crippen LogP contribution >= 0.6 is 0 Å². The third kappa shape index (κ3) is 2.55. The first-order valence-electron chi connectivity index (χ1n) is 3.13. The van der Waals surface area contributed by atoms with E-state index in [2.05, 4.69) is 10.6 Å². The fourth-order valence-electron chi connectivity index (χ4n) is 0.575. The molecule has 0 heterocycles. The average molecular weight is 160 g/mol. The number of carboxylic acids is 1. The number of carbonyl (C=O) groups is 2. The normalized spacial score (nSPS) is 15.2. The van der Waals surface area contributed by atoms with Gasteiger partial charge in [0.05, 0.1) is 0 Å². The Kier molecular flexibility index (Phi) is 3.00. The van der Waals surface area contributed by atoms with E-state index in [1.807, 2.05) is 0 Å². The second kappa shape index (κ2) is 3.34. The lowest BCUT2D eigenvalue weighted by Crippen LogP contribution is -2.60. The summed E-state index contributed by atoms with van der Waals surface area (Å²) in [4.78, 5) is 21.0. The quantitative estimate of drug-likeness (QED) is 0.469. The van der Waals surface area contributed by atoms with E-state index in [1.54, 1.807) is 0 Å². The van der Waals surface area contributed by atoms with E-state index in [0.29, 0.717) is 0 Å². The van der Waals surface area contributed by atoms with Crippen molar-refractivity contribution in [2.75, 3.05) is 7.05 Å². The van der Waals surface area contributed by atoms with Crippen molar-refractivity contribution in [2.24, 2.45) is 0 Å². The summed E-state index contributed by atoms with van der Waals surface area (Å²) in [5, 5.41) is 13.3. The molecule has 1 amide bonds. The highest BCUT2D eigenvalue weighted by Gasteiger charge is 2.31. The number of hydrogen-bond donors (Lipinski definition) is 3. The number of hydrogen-bond acceptors (Lipinski definition) is 3. The summed E-state index contributed by atoms with van der Waals surface area (Å²) in [7, 11) is 1.46. The van der Waals surface area contributed by atoms with Crippen molar-refractivity contribution in [3.63, 3.8) is 0 Å². The monoisotopic (exact) mass is 160 g/mol. The lowest BCUT2D eigenvalue weighted by atomic mass is 10.2. The molecule has 5 heteroatoms. The van der Waals surface area contributed by atoms with Gasteiger partial charge in [0, 0.05) is 6.92 Å². The standard InChI is InChI=1S/C6H12N2O3/c1-4(9)8-6(2,7-3)5(10)11/h7H,1-3H3,(H,8,9)(H,10,11). The van der Waals surface area contributed by atoms with Gasteiger partial charge in [0.15, 0.2) is 5.66 Å². The van der Waals surface area contributed by atoms with Crippen LogP contribution in [0.3, 0.4) is 0 Å². The Morgan fingerprint density at radius 2 is 1.91 bits per heavy atom. The van der Waals surface area contributed by atoms with E-state index in [0.717, 1.165) is 0 Å². The van der Waals surface area contributed by atoms with Crippen molar-refractivity contribution in [3.05, 3.63) is 0 Å². The number of nitrogens with one attached hydrogen (secondary N) is 2. The first-order chi connectivity index (χ1) is 4.92. The number of carbonyl (C=O) groups excluding carboxylic acids is 1. The van der Waals surface area contributed by atoms with Gasteiger partial charge in [-0.2, -0.15) is 0 Å². The highest BCUT2D eigenvalue weighted by Crippen LogP contribution is 1.96. The lowest BCUT2D eigenvalue weighted by Gasteiger charge is -2.24. The SMILES string of the molecule is CNC(C)(NC(C)=O)C(=O)O. The van der Waals surface area contributed by atoms with Gasteiger partial charge >= 0.3 is 5.97 Å². The Labute approximate surface area is 64.8 Å². The molecular weight excluding hydrogens is 148 g/mol. The number of carboxylic acid groups (broad SMARTS) is 1. The van der Waals surface area contributed by atoms with Crippen molar-refractivity contribution in [3.8, 4) is 0 Å². The summed E-state index contributed by atoms with van der Waals surface area (Å²) in [6.45, 7) is 2.63. The molecule has 11 heavy (non-hydrogen) atoms. The van der Waals surface area contributed by atoms with Gasteiger partial charge in [-0.25, -0.2) is 4.79 Å². The summed E-state index contributed by atoms with van der Waals surface area (Å²) in [6.07, 6.45) is 0. The molecule has 0 saturated heterocycles.